The Morgan fingerprint density at radius 3 is 2.33 bits per heavy atom. The minimum atomic E-state index is -1.34. The van der Waals surface area contributed by atoms with Crippen LogP contribution in [0.1, 0.15) is 38.0 Å². The van der Waals surface area contributed by atoms with Crippen LogP contribution in [-0.4, -0.2) is 14.3 Å². The van der Waals surface area contributed by atoms with E-state index >= 15 is 0 Å². The van der Waals surface area contributed by atoms with Crippen molar-refractivity contribution in [2.75, 3.05) is 0 Å². The van der Waals surface area contributed by atoms with Crippen LogP contribution in [0.25, 0.3) is 0 Å². The van der Waals surface area contributed by atoms with Crippen LogP contribution in [0.15, 0.2) is 52.5 Å². The summed E-state index contributed by atoms with van der Waals surface area (Å²) < 4.78 is 12.8. The minimum Gasteiger partial charge on any atom is -0.388 e. The molecule has 1 aromatic heterocycles. The molecule has 0 saturated carbocycles. The van der Waals surface area contributed by atoms with Crippen molar-refractivity contribution < 1.29 is 9.32 Å². The molecule has 1 heterocycles. The summed E-state index contributed by atoms with van der Waals surface area (Å²) in [7, 11) is -1.34. The number of rotatable bonds is 3. The number of aryl methyl sites for hydroxylation is 1. The second-order valence-electron chi connectivity index (χ2n) is 6.26. The fraction of sp³-hybridized carbons (Fsp3) is 0.353. The number of pyridine rings is 1. The average molecular weight is 303 g/mol. The van der Waals surface area contributed by atoms with Gasteiger partial charge in [0.05, 0.1) is 21.8 Å². The first kappa shape index (κ1) is 15.9. The van der Waals surface area contributed by atoms with Crippen LogP contribution in [0.5, 0.6) is 0 Å². The van der Waals surface area contributed by atoms with E-state index in [4.69, 9.17) is 0 Å². The molecule has 0 fully saturated rings. The first-order valence-corrected chi connectivity index (χ1v) is 8.06. The third-order valence-corrected chi connectivity index (χ3v) is 4.81. The van der Waals surface area contributed by atoms with Crippen LogP contribution in [0.2, 0.25) is 0 Å². The van der Waals surface area contributed by atoms with E-state index in [1.54, 1.807) is 18.5 Å². The molecule has 2 rings (SSSR count). The van der Waals surface area contributed by atoms with Gasteiger partial charge in [-0.3, -0.25) is 4.98 Å². The summed E-state index contributed by atoms with van der Waals surface area (Å²) in [4.78, 5) is 5.36. The number of hydrogen-bond acceptors (Lipinski definition) is 3. The molecular weight excluding hydrogens is 282 g/mol. The Balaban J connectivity index is 2.45. The number of benzene rings is 1. The molecule has 0 aliphatic rings. The van der Waals surface area contributed by atoms with Gasteiger partial charge in [-0.1, -0.05) is 38.5 Å². The minimum absolute atomic E-state index is 0.326. The van der Waals surface area contributed by atoms with Crippen molar-refractivity contribution in [1.82, 2.24) is 4.98 Å². The molecule has 2 atom stereocenters. The second-order valence-corrected chi connectivity index (χ2v) is 7.71. The van der Waals surface area contributed by atoms with Gasteiger partial charge in [-0.05, 0) is 30.5 Å². The van der Waals surface area contributed by atoms with Gasteiger partial charge in [0.2, 0.25) is 0 Å². The van der Waals surface area contributed by atoms with Crippen molar-refractivity contribution in [2.24, 2.45) is 5.41 Å². The Hall–Kier alpha value is -1.52. The Morgan fingerprint density at radius 1 is 1.14 bits per heavy atom. The first-order valence-electron chi connectivity index (χ1n) is 6.91. The molecule has 1 unspecified atom stereocenters. The van der Waals surface area contributed by atoms with Crippen molar-refractivity contribution >= 4 is 10.8 Å². The molecule has 0 aliphatic carbocycles. The largest absolute Gasteiger partial charge is 0.388 e. The lowest BCUT2D eigenvalue weighted by molar-refractivity contribution is 0.0602. The smallest absolute Gasteiger partial charge is 0.0869 e. The summed E-state index contributed by atoms with van der Waals surface area (Å²) in [6.07, 6.45) is 2.52. The summed E-state index contributed by atoms with van der Waals surface area (Å²) in [5.41, 5.74) is 1.47. The zero-order chi connectivity index (χ0) is 15.6. The topological polar surface area (TPSA) is 50.2 Å². The Labute approximate surface area is 128 Å². The monoisotopic (exact) mass is 303 g/mol. The van der Waals surface area contributed by atoms with Crippen molar-refractivity contribution in [2.45, 2.75) is 43.6 Å². The first-order chi connectivity index (χ1) is 9.80. The molecular formula is C17H21NO2S. The summed E-state index contributed by atoms with van der Waals surface area (Å²) >= 11 is 0. The third-order valence-electron chi connectivity index (χ3n) is 3.37. The molecule has 0 bridgehead atoms. The summed E-state index contributed by atoms with van der Waals surface area (Å²) in [5, 5.41) is 10.5. The third kappa shape index (κ3) is 3.57. The van der Waals surface area contributed by atoms with Crippen LogP contribution < -0.4 is 0 Å². The van der Waals surface area contributed by atoms with Crippen LogP contribution in [0.3, 0.4) is 0 Å². The van der Waals surface area contributed by atoms with Crippen molar-refractivity contribution in [3.63, 3.8) is 0 Å². The van der Waals surface area contributed by atoms with Gasteiger partial charge in [-0.25, -0.2) is 4.21 Å². The second kappa shape index (κ2) is 6.08. The highest BCUT2D eigenvalue weighted by molar-refractivity contribution is 7.85. The molecule has 0 spiro atoms. The van der Waals surface area contributed by atoms with Gasteiger partial charge in [0.1, 0.15) is 0 Å². The highest BCUT2D eigenvalue weighted by Crippen LogP contribution is 2.35. The maximum Gasteiger partial charge on any atom is 0.0869 e. The maximum absolute atomic E-state index is 12.8. The summed E-state index contributed by atoms with van der Waals surface area (Å²) in [6.45, 7) is 7.86. The molecule has 0 saturated heterocycles. The van der Waals surface area contributed by atoms with Gasteiger partial charge in [-0.2, -0.15) is 0 Å². The molecule has 0 amide bonds. The number of aliphatic hydroxyl groups excluding tert-OH is 1. The van der Waals surface area contributed by atoms with Gasteiger partial charge in [-0.15, -0.1) is 0 Å². The summed E-state index contributed by atoms with van der Waals surface area (Å²) in [5.74, 6) is 0. The number of hydrogen-bond donors (Lipinski definition) is 1. The number of aliphatic hydroxyl groups is 1. The zero-order valence-corrected chi connectivity index (χ0v) is 13.6. The lowest BCUT2D eigenvalue weighted by atomic mass is 9.85. The zero-order valence-electron chi connectivity index (χ0n) is 12.8. The van der Waals surface area contributed by atoms with E-state index < -0.39 is 16.9 Å². The molecule has 4 heteroatoms. The fourth-order valence-corrected chi connectivity index (χ4v) is 3.21. The lowest BCUT2D eigenvalue weighted by Gasteiger charge is -2.27. The van der Waals surface area contributed by atoms with E-state index in [1.807, 2.05) is 52.0 Å². The highest BCUT2D eigenvalue weighted by Gasteiger charge is 2.27. The molecule has 1 aromatic carbocycles. The molecule has 2 aromatic rings. The van der Waals surface area contributed by atoms with Crippen LogP contribution in [-0.2, 0) is 10.8 Å². The van der Waals surface area contributed by atoms with Gasteiger partial charge >= 0.3 is 0 Å². The molecule has 0 radical (unpaired) electrons. The predicted molar refractivity (Wildman–Crippen MR) is 84.5 cm³/mol. The highest BCUT2D eigenvalue weighted by atomic mass is 32.2. The van der Waals surface area contributed by atoms with Gasteiger partial charge in [0.25, 0.3) is 0 Å². The van der Waals surface area contributed by atoms with Crippen LogP contribution in [0, 0.1) is 12.3 Å². The van der Waals surface area contributed by atoms with E-state index in [0.29, 0.717) is 10.5 Å². The van der Waals surface area contributed by atoms with Gasteiger partial charge in [0, 0.05) is 22.9 Å². The van der Waals surface area contributed by atoms with Crippen LogP contribution in [0.4, 0.5) is 0 Å². The molecule has 3 nitrogen and oxygen atoms in total. The molecule has 112 valence electrons. The summed E-state index contributed by atoms with van der Waals surface area (Å²) in [6, 6.07) is 9.32. The van der Waals surface area contributed by atoms with Crippen molar-refractivity contribution in [1.29, 1.82) is 0 Å². The van der Waals surface area contributed by atoms with Gasteiger partial charge < -0.3 is 5.11 Å². The van der Waals surface area contributed by atoms with E-state index in [2.05, 4.69) is 4.98 Å². The van der Waals surface area contributed by atoms with E-state index in [1.165, 1.54) is 0 Å². The number of aromatic nitrogens is 1. The van der Waals surface area contributed by atoms with Crippen molar-refractivity contribution in [3.8, 4) is 0 Å². The average Bonchev–Trinajstić information content (AvgIpc) is 2.45. The Bertz CT molecular complexity index is 645. The standard InChI is InChI=1S/C17H21NO2S/c1-12-5-7-13(8-6-12)21(20)15-11-18-10-9-14(15)16(19)17(2,3)4/h5-11,16,19H,1-4H3/t16-,21?/m0/s1. The van der Waals surface area contributed by atoms with Gasteiger partial charge in [0.15, 0.2) is 0 Å². The normalized spacial score (nSPS) is 14.7. The molecule has 1 N–H and O–H groups in total. The van der Waals surface area contributed by atoms with E-state index in [9.17, 15) is 9.32 Å². The van der Waals surface area contributed by atoms with E-state index in [0.717, 1.165) is 10.5 Å². The predicted octanol–water partition coefficient (Wildman–Crippen LogP) is 3.64. The quantitative estimate of drug-likeness (QED) is 0.942. The Kier molecular flexibility index (Phi) is 4.59. The Morgan fingerprint density at radius 2 is 1.76 bits per heavy atom. The van der Waals surface area contributed by atoms with E-state index in [-0.39, 0.29) is 5.41 Å². The van der Waals surface area contributed by atoms with Crippen molar-refractivity contribution in [3.05, 3.63) is 53.9 Å². The lowest BCUT2D eigenvalue weighted by Crippen LogP contribution is -2.19. The van der Waals surface area contributed by atoms with Crippen LogP contribution >= 0.6 is 0 Å². The molecule has 0 aliphatic heterocycles. The SMILES string of the molecule is Cc1ccc(S(=O)c2cnccc2[C@H](O)C(C)(C)C)cc1. The maximum atomic E-state index is 12.8. The fourth-order valence-electron chi connectivity index (χ4n) is 2.03. The number of nitrogens with zero attached hydrogens (tertiary/aromatic N) is 1. The molecule has 21 heavy (non-hydrogen) atoms.